The Bertz CT molecular complexity index is 413. The highest BCUT2D eigenvalue weighted by atomic mass is 15.2. The minimum atomic E-state index is 0.504. The fourth-order valence-corrected chi connectivity index (χ4v) is 3.57. The van der Waals surface area contributed by atoms with Gasteiger partial charge in [-0.1, -0.05) is 29.3 Å². The molecule has 2 rings (SSSR count). The normalized spacial score (nSPS) is 24.9. The van der Waals surface area contributed by atoms with Crippen molar-refractivity contribution in [2.45, 2.75) is 64.6 Å². The van der Waals surface area contributed by atoms with Crippen LogP contribution in [0.15, 0.2) is 18.2 Å². The zero-order chi connectivity index (χ0) is 14.7. The molecule has 1 aliphatic carbocycles. The van der Waals surface area contributed by atoms with Crippen LogP contribution in [0.4, 0.5) is 0 Å². The standard InChI is InChI=1S/C18H30N2/c1-13-10-14(2)12-16(11-13)15(3)20(5)18-8-6-17(19-4)7-9-18/h10-12,15,17-19H,6-9H2,1-5H3. The SMILES string of the molecule is CNC1CCC(N(C)C(C)c2cc(C)cc(C)c2)CC1. The van der Waals surface area contributed by atoms with E-state index in [1.54, 1.807) is 0 Å². The molecule has 1 saturated carbocycles. The lowest BCUT2D eigenvalue weighted by molar-refractivity contribution is 0.136. The van der Waals surface area contributed by atoms with Crippen molar-refractivity contribution in [1.82, 2.24) is 10.2 Å². The van der Waals surface area contributed by atoms with E-state index < -0.39 is 0 Å². The Balaban J connectivity index is 2.03. The zero-order valence-corrected chi connectivity index (χ0v) is 13.7. The monoisotopic (exact) mass is 274 g/mol. The molecule has 1 N–H and O–H groups in total. The fourth-order valence-electron chi connectivity index (χ4n) is 3.57. The van der Waals surface area contributed by atoms with Crippen LogP contribution >= 0.6 is 0 Å². The molecule has 0 heterocycles. The van der Waals surface area contributed by atoms with Gasteiger partial charge in [-0.15, -0.1) is 0 Å². The summed E-state index contributed by atoms with van der Waals surface area (Å²) in [7, 11) is 4.39. The zero-order valence-electron chi connectivity index (χ0n) is 13.7. The molecule has 2 heteroatoms. The number of nitrogens with one attached hydrogen (secondary N) is 1. The molecule has 20 heavy (non-hydrogen) atoms. The molecule has 0 amide bonds. The highest BCUT2D eigenvalue weighted by Crippen LogP contribution is 2.29. The van der Waals surface area contributed by atoms with E-state index in [-0.39, 0.29) is 0 Å². The lowest BCUT2D eigenvalue weighted by Gasteiger charge is -2.38. The Morgan fingerprint density at radius 1 is 1.05 bits per heavy atom. The minimum Gasteiger partial charge on any atom is -0.317 e. The maximum atomic E-state index is 3.42. The first-order valence-corrected chi connectivity index (χ1v) is 7.98. The lowest BCUT2D eigenvalue weighted by Crippen LogP contribution is -2.40. The summed E-state index contributed by atoms with van der Waals surface area (Å²) in [4.78, 5) is 2.58. The summed E-state index contributed by atoms with van der Waals surface area (Å²) >= 11 is 0. The van der Waals surface area contributed by atoms with Crippen LogP contribution in [0.25, 0.3) is 0 Å². The Hall–Kier alpha value is -0.860. The highest BCUT2D eigenvalue weighted by molar-refractivity contribution is 5.30. The van der Waals surface area contributed by atoms with Crippen LogP contribution in [0, 0.1) is 13.8 Å². The molecule has 1 atom stereocenters. The van der Waals surface area contributed by atoms with Crippen LogP contribution in [-0.2, 0) is 0 Å². The Morgan fingerprint density at radius 2 is 1.60 bits per heavy atom. The summed E-state index contributed by atoms with van der Waals surface area (Å²) in [6.07, 6.45) is 5.25. The second kappa shape index (κ2) is 6.73. The predicted molar refractivity (Wildman–Crippen MR) is 87.2 cm³/mol. The van der Waals surface area contributed by atoms with Crippen molar-refractivity contribution in [2.24, 2.45) is 0 Å². The number of aryl methyl sites for hydroxylation is 2. The van der Waals surface area contributed by atoms with Gasteiger partial charge in [0, 0.05) is 18.1 Å². The number of rotatable bonds is 4. The van der Waals surface area contributed by atoms with Crippen molar-refractivity contribution in [2.75, 3.05) is 14.1 Å². The molecule has 0 bridgehead atoms. The third-order valence-electron chi connectivity index (χ3n) is 5.02. The second-order valence-corrected chi connectivity index (χ2v) is 6.56. The Labute approximate surface area is 124 Å². The number of hydrogen-bond donors (Lipinski definition) is 1. The maximum Gasteiger partial charge on any atom is 0.0319 e. The smallest absolute Gasteiger partial charge is 0.0319 e. The summed E-state index contributed by atoms with van der Waals surface area (Å²) < 4.78 is 0. The second-order valence-electron chi connectivity index (χ2n) is 6.56. The highest BCUT2D eigenvalue weighted by Gasteiger charge is 2.26. The molecule has 0 spiro atoms. The molecular formula is C18H30N2. The molecule has 2 nitrogen and oxygen atoms in total. The first kappa shape index (κ1) is 15.5. The Kier molecular flexibility index (Phi) is 5.22. The number of hydrogen-bond acceptors (Lipinski definition) is 2. The van der Waals surface area contributed by atoms with Gasteiger partial charge in [0.25, 0.3) is 0 Å². The summed E-state index contributed by atoms with van der Waals surface area (Å²) in [5.41, 5.74) is 4.21. The van der Waals surface area contributed by atoms with E-state index >= 15 is 0 Å². The van der Waals surface area contributed by atoms with E-state index in [4.69, 9.17) is 0 Å². The van der Waals surface area contributed by atoms with Crippen molar-refractivity contribution in [1.29, 1.82) is 0 Å². The summed E-state index contributed by atoms with van der Waals surface area (Å²) in [5, 5.41) is 3.42. The summed E-state index contributed by atoms with van der Waals surface area (Å²) in [6.45, 7) is 6.74. The van der Waals surface area contributed by atoms with Crippen molar-refractivity contribution >= 4 is 0 Å². The molecule has 1 aromatic carbocycles. The van der Waals surface area contributed by atoms with Gasteiger partial charge in [-0.25, -0.2) is 0 Å². The molecule has 1 aliphatic rings. The lowest BCUT2D eigenvalue weighted by atomic mass is 9.89. The average molecular weight is 274 g/mol. The van der Waals surface area contributed by atoms with Crippen molar-refractivity contribution < 1.29 is 0 Å². The van der Waals surface area contributed by atoms with Crippen LogP contribution in [0.2, 0.25) is 0 Å². The van der Waals surface area contributed by atoms with Gasteiger partial charge in [-0.3, -0.25) is 4.90 Å². The van der Waals surface area contributed by atoms with Gasteiger partial charge in [0.2, 0.25) is 0 Å². The average Bonchev–Trinajstić information content (AvgIpc) is 2.45. The van der Waals surface area contributed by atoms with Crippen molar-refractivity contribution in [3.8, 4) is 0 Å². The molecule has 1 fully saturated rings. The van der Waals surface area contributed by atoms with Crippen LogP contribution in [0.5, 0.6) is 0 Å². The van der Waals surface area contributed by atoms with Gasteiger partial charge in [0.05, 0.1) is 0 Å². The van der Waals surface area contributed by atoms with E-state index in [1.807, 2.05) is 0 Å². The molecule has 0 saturated heterocycles. The van der Waals surface area contributed by atoms with E-state index in [0.29, 0.717) is 6.04 Å². The molecular weight excluding hydrogens is 244 g/mol. The van der Waals surface area contributed by atoms with Crippen molar-refractivity contribution in [3.05, 3.63) is 34.9 Å². The van der Waals surface area contributed by atoms with Gasteiger partial charge in [-0.05, 0) is 66.1 Å². The predicted octanol–water partition coefficient (Wildman–Crippen LogP) is 3.83. The van der Waals surface area contributed by atoms with Gasteiger partial charge in [0.15, 0.2) is 0 Å². The molecule has 1 aromatic rings. The van der Waals surface area contributed by atoms with Gasteiger partial charge in [-0.2, -0.15) is 0 Å². The third-order valence-corrected chi connectivity index (χ3v) is 5.02. The molecule has 0 aromatic heterocycles. The molecule has 1 unspecified atom stereocenters. The Morgan fingerprint density at radius 3 is 2.10 bits per heavy atom. The maximum absolute atomic E-state index is 3.42. The third kappa shape index (κ3) is 3.62. The molecule has 0 aliphatic heterocycles. The largest absolute Gasteiger partial charge is 0.317 e. The van der Waals surface area contributed by atoms with Crippen LogP contribution in [0.3, 0.4) is 0 Å². The first-order chi connectivity index (χ1) is 9.51. The fraction of sp³-hybridized carbons (Fsp3) is 0.667. The first-order valence-electron chi connectivity index (χ1n) is 7.98. The van der Waals surface area contributed by atoms with Gasteiger partial charge in [0.1, 0.15) is 0 Å². The van der Waals surface area contributed by atoms with Crippen LogP contribution in [0.1, 0.15) is 55.3 Å². The topological polar surface area (TPSA) is 15.3 Å². The molecule has 0 radical (unpaired) electrons. The van der Waals surface area contributed by atoms with E-state index in [2.05, 4.69) is 63.3 Å². The van der Waals surface area contributed by atoms with Gasteiger partial charge >= 0.3 is 0 Å². The minimum absolute atomic E-state index is 0.504. The summed E-state index contributed by atoms with van der Waals surface area (Å²) in [5.74, 6) is 0. The summed E-state index contributed by atoms with van der Waals surface area (Å²) in [6, 6.07) is 8.91. The van der Waals surface area contributed by atoms with Crippen LogP contribution in [-0.4, -0.2) is 31.1 Å². The van der Waals surface area contributed by atoms with Crippen LogP contribution < -0.4 is 5.32 Å². The molecule has 112 valence electrons. The quantitative estimate of drug-likeness (QED) is 0.897. The van der Waals surface area contributed by atoms with E-state index in [9.17, 15) is 0 Å². The number of benzene rings is 1. The number of nitrogens with zero attached hydrogens (tertiary/aromatic N) is 1. The van der Waals surface area contributed by atoms with Crippen molar-refractivity contribution in [3.63, 3.8) is 0 Å². The van der Waals surface area contributed by atoms with Gasteiger partial charge < -0.3 is 5.32 Å². The van der Waals surface area contributed by atoms with E-state index in [1.165, 1.54) is 42.4 Å². The van der Waals surface area contributed by atoms with E-state index in [0.717, 1.165) is 12.1 Å².